The number of β-amino-alcohol motifs (C(OH)–C–C–N with tert-alkyl or cyclic N) is 2. The molecule has 2 aliphatic heterocycles. The van der Waals surface area contributed by atoms with Crippen LogP contribution in [0.5, 0.6) is 11.5 Å². The van der Waals surface area contributed by atoms with E-state index in [2.05, 4.69) is 0 Å². The van der Waals surface area contributed by atoms with Crippen LogP contribution in [0.4, 0.5) is 9.59 Å². The fraction of sp³-hybridized carbons (Fsp3) is 0.381. The molecule has 4 aromatic carbocycles. The van der Waals surface area contributed by atoms with Crippen molar-refractivity contribution in [1.29, 1.82) is 0 Å². The zero-order valence-electron chi connectivity index (χ0n) is 29.2. The van der Waals surface area contributed by atoms with E-state index in [4.69, 9.17) is 18.9 Å². The van der Waals surface area contributed by atoms with Gasteiger partial charge in [-0.25, -0.2) is 9.59 Å². The molecule has 4 fully saturated rings. The topological polar surface area (TPSA) is 118 Å². The molecule has 10 nitrogen and oxygen atoms in total. The lowest BCUT2D eigenvalue weighted by Crippen LogP contribution is -2.37. The summed E-state index contributed by atoms with van der Waals surface area (Å²) in [5.74, 6) is 1.70. The molecule has 272 valence electrons. The van der Waals surface area contributed by atoms with E-state index in [0.717, 1.165) is 35.5 Å². The summed E-state index contributed by atoms with van der Waals surface area (Å²) in [4.78, 5) is 27.9. The van der Waals surface area contributed by atoms with Gasteiger partial charge in [-0.2, -0.15) is 0 Å². The van der Waals surface area contributed by atoms with Gasteiger partial charge in [-0.1, -0.05) is 97.1 Å². The fourth-order valence-electron chi connectivity index (χ4n) is 8.02. The molecule has 0 unspecified atom stereocenters. The molecule has 0 aromatic heterocycles. The van der Waals surface area contributed by atoms with Crippen molar-refractivity contribution in [2.24, 2.45) is 11.8 Å². The number of rotatable bonds is 8. The largest absolute Gasteiger partial charge is 0.490 e. The summed E-state index contributed by atoms with van der Waals surface area (Å²) >= 11 is 0. The van der Waals surface area contributed by atoms with Gasteiger partial charge in [0, 0.05) is 37.8 Å². The van der Waals surface area contributed by atoms with E-state index < -0.39 is 11.2 Å². The molecular weight excluding hydrogens is 660 g/mol. The predicted octanol–water partition coefficient (Wildman–Crippen LogP) is 6.46. The lowest BCUT2D eigenvalue weighted by Gasteiger charge is -2.23. The maximum atomic E-state index is 12.3. The summed E-state index contributed by atoms with van der Waals surface area (Å²) in [6.45, 7) is 2.13. The smallest absolute Gasteiger partial charge is 0.410 e. The Hall–Kier alpha value is -5.06. The standard InChI is InChI=1S/2C21H23NO4/c2*23-20(25-14-16-7-3-1-4-8-16)22-13-17-11-19(12-21(17,24)15-22)26-18-9-5-2-6-10-18/h2*1-10,17,19,24H,11-15H2/t2*17-,19+,21-/m10/s1. The van der Waals surface area contributed by atoms with E-state index >= 15 is 0 Å². The molecule has 2 saturated carbocycles. The molecule has 8 rings (SSSR count). The maximum absolute atomic E-state index is 12.3. The molecule has 0 spiro atoms. The van der Waals surface area contributed by atoms with Crippen molar-refractivity contribution in [1.82, 2.24) is 9.80 Å². The van der Waals surface area contributed by atoms with E-state index in [-0.39, 0.29) is 49.4 Å². The first-order valence-corrected chi connectivity index (χ1v) is 18.0. The lowest BCUT2D eigenvalue weighted by atomic mass is 9.95. The first-order valence-electron chi connectivity index (χ1n) is 18.0. The summed E-state index contributed by atoms with van der Waals surface area (Å²) in [5.41, 5.74) is 0.140. The molecule has 52 heavy (non-hydrogen) atoms. The van der Waals surface area contributed by atoms with Crippen molar-refractivity contribution in [3.63, 3.8) is 0 Å². The third kappa shape index (κ3) is 8.52. The third-order valence-electron chi connectivity index (χ3n) is 10.6. The molecule has 0 radical (unpaired) electrons. The summed E-state index contributed by atoms with van der Waals surface area (Å²) in [6.07, 6.45) is 1.80. The molecule has 6 atom stereocenters. The van der Waals surface area contributed by atoms with Gasteiger partial charge in [-0.3, -0.25) is 0 Å². The van der Waals surface area contributed by atoms with Crippen LogP contribution >= 0.6 is 0 Å². The number of nitrogens with zero attached hydrogens (tertiary/aromatic N) is 2. The molecule has 2 amide bonds. The molecule has 0 bridgehead atoms. The van der Waals surface area contributed by atoms with Gasteiger partial charge in [-0.05, 0) is 48.2 Å². The lowest BCUT2D eigenvalue weighted by molar-refractivity contribution is 0.0197. The van der Waals surface area contributed by atoms with Crippen LogP contribution in [0.2, 0.25) is 0 Å². The fourth-order valence-corrected chi connectivity index (χ4v) is 8.02. The van der Waals surface area contributed by atoms with E-state index in [9.17, 15) is 19.8 Å². The summed E-state index contributed by atoms with van der Waals surface area (Å²) in [5, 5.41) is 21.9. The minimum absolute atomic E-state index is 0.0186. The van der Waals surface area contributed by atoms with E-state index in [0.29, 0.717) is 39.0 Å². The van der Waals surface area contributed by atoms with Gasteiger partial charge in [0.15, 0.2) is 0 Å². The number of para-hydroxylation sites is 2. The monoisotopic (exact) mass is 706 g/mol. The van der Waals surface area contributed by atoms with Gasteiger partial charge in [-0.15, -0.1) is 0 Å². The number of ether oxygens (including phenoxy) is 4. The van der Waals surface area contributed by atoms with E-state index in [1.807, 2.05) is 121 Å². The minimum Gasteiger partial charge on any atom is -0.490 e. The van der Waals surface area contributed by atoms with Crippen molar-refractivity contribution < 1.29 is 38.7 Å². The zero-order chi connectivity index (χ0) is 36.0. The second kappa shape index (κ2) is 15.7. The molecule has 2 aliphatic carbocycles. The summed E-state index contributed by atoms with van der Waals surface area (Å²) in [7, 11) is 0. The van der Waals surface area contributed by atoms with Gasteiger partial charge in [0.2, 0.25) is 0 Å². The highest BCUT2D eigenvalue weighted by atomic mass is 16.6. The molecule has 4 aromatic rings. The molecule has 4 aliphatic rings. The van der Waals surface area contributed by atoms with Gasteiger partial charge in [0.05, 0.1) is 24.3 Å². The van der Waals surface area contributed by atoms with E-state index in [1.165, 1.54) is 0 Å². The Morgan fingerprint density at radius 1 is 0.558 bits per heavy atom. The van der Waals surface area contributed by atoms with Crippen LogP contribution < -0.4 is 9.47 Å². The minimum atomic E-state index is -0.884. The van der Waals surface area contributed by atoms with Crippen LogP contribution in [0.15, 0.2) is 121 Å². The summed E-state index contributed by atoms with van der Waals surface area (Å²) < 4.78 is 22.7. The molecule has 2 saturated heterocycles. The quantitative estimate of drug-likeness (QED) is 0.215. The van der Waals surface area contributed by atoms with Crippen LogP contribution in [0.3, 0.4) is 0 Å². The Balaban J connectivity index is 0.000000162. The van der Waals surface area contributed by atoms with Gasteiger partial charge in [0.25, 0.3) is 0 Å². The van der Waals surface area contributed by atoms with Crippen LogP contribution in [-0.4, -0.2) is 81.8 Å². The predicted molar refractivity (Wildman–Crippen MR) is 193 cm³/mol. The van der Waals surface area contributed by atoms with Crippen molar-refractivity contribution in [3.05, 3.63) is 132 Å². The number of carbonyl (C=O) groups excluding carboxylic acids is 2. The third-order valence-corrected chi connectivity index (χ3v) is 10.6. The number of aliphatic hydroxyl groups is 2. The molecular formula is C42H46N2O8. The number of hydrogen-bond donors (Lipinski definition) is 2. The Labute approximate surface area is 304 Å². The Morgan fingerprint density at radius 3 is 1.25 bits per heavy atom. The first-order chi connectivity index (χ1) is 25.2. The van der Waals surface area contributed by atoms with Crippen LogP contribution in [0.1, 0.15) is 36.8 Å². The SMILES string of the molecule is O=C(OCc1ccccc1)N1C[C@@H]2C[C@@H](Oc3ccccc3)C[C@]2(O)C1.O=C(OCc1ccccc1)N1C[C@H]2C[C@H](Oc3ccccc3)C[C@@]2(O)C1. The second-order valence-corrected chi connectivity index (χ2v) is 14.4. The Bertz CT molecular complexity index is 1630. The van der Waals surface area contributed by atoms with Crippen LogP contribution in [0, 0.1) is 11.8 Å². The number of hydrogen-bond acceptors (Lipinski definition) is 8. The number of benzene rings is 4. The maximum Gasteiger partial charge on any atom is 0.410 e. The second-order valence-electron chi connectivity index (χ2n) is 14.4. The number of fused-ring (bicyclic) bond motifs is 2. The Kier molecular flexibility index (Phi) is 10.7. The van der Waals surface area contributed by atoms with Gasteiger partial charge in [0.1, 0.15) is 36.9 Å². The average molecular weight is 707 g/mol. The van der Waals surface area contributed by atoms with Crippen molar-refractivity contribution in [2.45, 2.75) is 62.3 Å². The van der Waals surface area contributed by atoms with E-state index in [1.54, 1.807) is 9.80 Å². The molecule has 10 heteroatoms. The number of likely N-dealkylation sites (tertiary alicyclic amines) is 2. The first kappa shape index (κ1) is 35.3. The molecule has 2 N–H and O–H groups in total. The molecule has 2 heterocycles. The number of carbonyl (C=O) groups is 2. The normalized spacial score (nSPS) is 27.2. The van der Waals surface area contributed by atoms with Gasteiger partial charge < -0.3 is 39.0 Å². The van der Waals surface area contributed by atoms with Crippen molar-refractivity contribution >= 4 is 12.2 Å². The highest BCUT2D eigenvalue weighted by molar-refractivity contribution is 5.69. The Morgan fingerprint density at radius 2 is 0.904 bits per heavy atom. The van der Waals surface area contributed by atoms with Crippen molar-refractivity contribution in [2.75, 3.05) is 26.2 Å². The zero-order valence-corrected chi connectivity index (χ0v) is 29.2. The highest BCUT2D eigenvalue weighted by Crippen LogP contribution is 2.44. The van der Waals surface area contributed by atoms with Crippen LogP contribution in [0.25, 0.3) is 0 Å². The van der Waals surface area contributed by atoms with Gasteiger partial charge >= 0.3 is 12.2 Å². The highest BCUT2D eigenvalue weighted by Gasteiger charge is 2.55. The average Bonchev–Trinajstić information content (AvgIpc) is 3.85. The number of amides is 2. The summed E-state index contributed by atoms with van der Waals surface area (Å²) in [6, 6.07) is 38.5. The van der Waals surface area contributed by atoms with Crippen LogP contribution in [-0.2, 0) is 22.7 Å². The van der Waals surface area contributed by atoms with Crippen molar-refractivity contribution in [3.8, 4) is 11.5 Å².